The average molecular weight is 970 g/mol. The number of allylic oxidation sites excluding steroid dienone is 12. The number of carboxylic acids is 1. The SMILES string of the molecule is CC/C=C\C/C=C\C/C=C\C/C=C\C/C=C\C/C=C\CCC(=O)OC(COC(=O)CCCCCCCCCCCCCCCCCCCCCCCCCCC)COC(OCC[N+](C)(C)C)C(=O)O. The maximum atomic E-state index is 12.8. The molecule has 0 rings (SSSR count). The minimum atomic E-state index is -1.53. The van der Waals surface area contributed by atoms with E-state index in [2.05, 4.69) is 74.6 Å². The molecular formula is C60H106NO8+. The fraction of sp³-hybridized carbons (Fsp3) is 0.750. The fourth-order valence-corrected chi connectivity index (χ4v) is 7.69. The summed E-state index contributed by atoms with van der Waals surface area (Å²) in [6, 6.07) is 0. The van der Waals surface area contributed by atoms with Crippen molar-refractivity contribution in [3.05, 3.63) is 72.9 Å². The molecule has 0 aromatic rings. The van der Waals surface area contributed by atoms with Gasteiger partial charge in [-0.05, 0) is 51.4 Å². The molecule has 0 radical (unpaired) electrons. The van der Waals surface area contributed by atoms with Crippen LogP contribution in [0.15, 0.2) is 72.9 Å². The smallest absolute Gasteiger partial charge is 0.361 e. The van der Waals surface area contributed by atoms with Crippen LogP contribution in [0.4, 0.5) is 0 Å². The molecule has 0 fully saturated rings. The van der Waals surface area contributed by atoms with Gasteiger partial charge in [0.05, 0.1) is 34.4 Å². The summed E-state index contributed by atoms with van der Waals surface area (Å²) in [5.41, 5.74) is 0. The Bertz CT molecular complexity index is 1360. The van der Waals surface area contributed by atoms with Crippen LogP contribution >= 0.6 is 0 Å². The number of carbonyl (C=O) groups is 3. The van der Waals surface area contributed by atoms with Crippen LogP contribution in [0.1, 0.15) is 232 Å². The summed E-state index contributed by atoms with van der Waals surface area (Å²) in [7, 11) is 5.94. The quantitative estimate of drug-likeness (QED) is 0.0211. The van der Waals surface area contributed by atoms with Gasteiger partial charge in [0.25, 0.3) is 6.29 Å². The first-order valence-corrected chi connectivity index (χ1v) is 28.1. The maximum Gasteiger partial charge on any atom is 0.361 e. The number of aliphatic carboxylic acids is 1. The van der Waals surface area contributed by atoms with Crippen LogP contribution in [0, 0.1) is 0 Å². The van der Waals surface area contributed by atoms with E-state index in [1.807, 2.05) is 33.3 Å². The van der Waals surface area contributed by atoms with Gasteiger partial charge in [-0.1, -0.05) is 241 Å². The number of carbonyl (C=O) groups excluding carboxylic acids is 2. The number of esters is 2. The Labute approximate surface area is 424 Å². The number of ether oxygens (including phenoxy) is 4. The van der Waals surface area contributed by atoms with E-state index in [0.29, 0.717) is 17.4 Å². The highest BCUT2D eigenvalue weighted by Gasteiger charge is 2.25. The van der Waals surface area contributed by atoms with Crippen LogP contribution in [0.3, 0.4) is 0 Å². The largest absolute Gasteiger partial charge is 0.477 e. The lowest BCUT2D eigenvalue weighted by Gasteiger charge is -2.25. The van der Waals surface area contributed by atoms with E-state index in [4.69, 9.17) is 18.9 Å². The highest BCUT2D eigenvalue weighted by Crippen LogP contribution is 2.17. The standard InChI is InChI=1S/C60H105NO8/c1-6-8-10-12-14-16-18-20-22-24-26-27-28-29-30-31-33-34-36-38-40-42-44-46-48-50-57(62)67-54-56(55-68-60(59(64)65)66-53-52-61(3,4)5)69-58(63)51-49-47-45-43-41-39-37-35-32-25-23-21-19-17-15-13-11-9-7-2/h9,11,15,17,21,23,32,35,39,41,45,47,56,60H,6-8,10,12-14,16,18-20,22,24-31,33-34,36-38,40,42-44,46,48-55H2,1-5H3/p+1/b11-9-,17-15-,23-21-,35-32-,41-39-,47-45-. The Balaban J connectivity index is 4.31. The molecule has 0 aliphatic carbocycles. The number of carboxylic acid groups (broad SMARTS) is 1. The van der Waals surface area contributed by atoms with E-state index in [-0.39, 0.29) is 38.6 Å². The number of quaternary nitrogens is 1. The van der Waals surface area contributed by atoms with Crippen LogP contribution in [-0.4, -0.2) is 87.4 Å². The van der Waals surface area contributed by atoms with Gasteiger partial charge in [0.1, 0.15) is 13.2 Å². The van der Waals surface area contributed by atoms with Gasteiger partial charge in [-0.2, -0.15) is 0 Å². The molecule has 0 aliphatic heterocycles. The first-order valence-electron chi connectivity index (χ1n) is 28.1. The summed E-state index contributed by atoms with van der Waals surface area (Å²) in [4.78, 5) is 37.3. The molecular weight excluding hydrogens is 863 g/mol. The Morgan fingerprint density at radius 2 is 0.826 bits per heavy atom. The number of hydrogen-bond acceptors (Lipinski definition) is 7. The summed E-state index contributed by atoms with van der Waals surface area (Å²) in [6.45, 7) is 4.69. The molecule has 69 heavy (non-hydrogen) atoms. The summed E-state index contributed by atoms with van der Waals surface area (Å²) >= 11 is 0. The number of rotatable bonds is 51. The van der Waals surface area contributed by atoms with Crippen LogP contribution in [0.25, 0.3) is 0 Å². The van der Waals surface area contributed by atoms with Gasteiger partial charge in [-0.25, -0.2) is 4.79 Å². The first kappa shape index (κ1) is 65.7. The molecule has 0 saturated heterocycles. The van der Waals surface area contributed by atoms with E-state index in [9.17, 15) is 19.5 Å². The van der Waals surface area contributed by atoms with Crippen molar-refractivity contribution in [2.75, 3.05) is 47.5 Å². The van der Waals surface area contributed by atoms with E-state index in [1.54, 1.807) is 0 Å². The van der Waals surface area contributed by atoms with Crippen molar-refractivity contribution >= 4 is 17.9 Å². The zero-order valence-corrected chi connectivity index (χ0v) is 45.2. The molecule has 9 heteroatoms. The van der Waals surface area contributed by atoms with Crippen molar-refractivity contribution in [3.63, 3.8) is 0 Å². The van der Waals surface area contributed by atoms with Crippen molar-refractivity contribution in [1.82, 2.24) is 0 Å². The number of likely N-dealkylation sites (N-methyl/N-ethyl adjacent to an activating group) is 1. The zero-order valence-electron chi connectivity index (χ0n) is 45.2. The van der Waals surface area contributed by atoms with Gasteiger partial charge in [0, 0.05) is 12.8 Å². The van der Waals surface area contributed by atoms with Crippen molar-refractivity contribution in [1.29, 1.82) is 0 Å². The van der Waals surface area contributed by atoms with E-state index >= 15 is 0 Å². The molecule has 1 N–H and O–H groups in total. The molecule has 0 spiro atoms. The summed E-state index contributed by atoms with van der Waals surface area (Å²) < 4.78 is 22.8. The summed E-state index contributed by atoms with van der Waals surface area (Å²) in [6.07, 6.45) is 62.9. The molecule has 2 atom stereocenters. The number of unbranched alkanes of at least 4 members (excludes halogenated alkanes) is 24. The van der Waals surface area contributed by atoms with Crippen molar-refractivity contribution < 1.29 is 42.9 Å². The van der Waals surface area contributed by atoms with Crippen LogP contribution < -0.4 is 0 Å². The molecule has 0 amide bonds. The van der Waals surface area contributed by atoms with Crippen molar-refractivity contribution in [3.8, 4) is 0 Å². The van der Waals surface area contributed by atoms with Crippen LogP contribution in [0.2, 0.25) is 0 Å². The summed E-state index contributed by atoms with van der Waals surface area (Å²) in [5, 5.41) is 9.68. The number of hydrogen-bond donors (Lipinski definition) is 1. The Morgan fingerprint density at radius 3 is 1.20 bits per heavy atom. The fourth-order valence-electron chi connectivity index (χ4n) is 7.69. The first-order chi connectivity index (χ1) is 33.6. The lowest BCUT2D eigenvalue weighted by molar-refractivity contribution is -0.870. The zero-order chi connectivity index (χ0) is 50.6. The van der Waals surface area contributed by atoms with E-state index in [1.165, 1.54) is 141 Å². The van der Waals surface area contributed by atoms with Crippen LogP contribution in [0.5, 0.6) is 0 Å². The lowest BCUT2D eigenvalue weighted by Crippen LogP contribution is -2.40. The van der Waals surface area contributed by atoms with E-state index in [0.717, 1.165) is 57.8 Å². The second-order valence-corrected chi connectivity index (χ2v) is 19.9. The minimum Gasteiger partial charge on any atom is -0.477 e. The molecule has 0 bridgehead atoms. The predicted molar refractivity (Wildman–Crippen MR) is 290 cm³/mol. The molecule has 9 nitrogen and oxygen atoms in total. The van der Waals surface area contributed by atoms with E-state index < -0.39 is 24.3 Å². The maximum absolute atomic E-state index is 12.8. The molecule has 0 heterocycles. The second-order valence-electron chi connectivity index (χ2n) is 19.9. The third-order valence-electron chi connectivity index (χ3n) is 12.0. The molecule has 0 aromatic heterocycles. The Morgan fingerprint density at radius 1 is 0.449 bits per heavy atom. The molecule has 0 saturated carbocycles. The monoisotopic (exact) mass is 969 g/mol. The molecule has 0 aliphatic rings. The van der Waals surface area contributed by atoms with Crippen molar-refractivity contribution in [2.24, 2.45) is 0 Å². The van der Waals surface area contributed by atoms with Gasteiger partial charge >= 0.3 is 17.9 Å². The van der Waals surface area contributed by atoms with Gasteiger partial charge in [-0.15, -0.1) is 0 Å². The summed E-state index contributed by atoms with van der Waals surface area (Å²) in [5.74, 6) is -2.11. The third kappa shape index (κ3) is 52.4. The number of nitrogens with zero attached hydrogens (tertiary/aromatic N) is 1. The van der Waals surface area contributed by atoms with Gasteiger partial charge in [0.15, 0.2) is 6.10 Å². The molecule has 2 unspecified atom stereocenters. The topological polar surface area (TPSA) is 108 Å². The molecule has 0 aromatic carbocycles. The third-order valence-corrected chi connectivity index (χ3v) is 12.0. The Hall–Kier alpha value is -3.27. The molecule has 398 valence electrons. The van der Waals surface area contributed by atoms with Gasteiger partial charge < -0.3 is 28.5 Å². The highest BCUT2D eigenvalue weighted by molar-refractivity contribution is 5.71. The average Bonchev–Trinajstić information content (AvgIpc) is 3.31. The minimum absolute atomic E-state index is 0.133. The second kappa shape index (κ2) is 51.1. The van der Waals surface area contributed by atoms with Gasteiger partial charge in [0.2, 0.25) is 0 Å². The van der Waals surface area contributed by atoms with Crippen molar-refractivity contribution in [2.45, 2.75) is 245 Å². The van der Waals surface area contributed by atoms with Gasteiger partial charge in [-0.3, -0.25) is 9.59 Å². The Kier molecular flexibility index (Phi) is 48.7. The lowest BCUT2D eigenvalue weighted by atomic mass is 10.0. The predicted octanol–water partition coefficient (Wildman–Crippen LogP) is 16.2. The van der Waals surface area contributed by atoms with Crippen LogP contribution in [-0.2, 0) is 33.3 Å². The normalized spacial score (nSPS) is 13.3. The highest BCUT2D eigenvalue weighted by atomic mass is 16.7.